The zero-order valence-corrected chi connectivity index (χ0v) is 13.8. The van der Waals surface area contributed by atoms with Gasteiger partial charge in [0.1, 0.15) is 0 Å². The van der Waals surface area contributed by atoms with E-state index in [1.165, 1.54) is 11.7 Å². The highest BCUT2D eigenvalue weighted by Gasteiger charge is 2.32. The topological polar surface area (TPSA) is 18.5 Å². The van der Waals surface area contributed by atoms with Gasteiger partial charge in [-0.1, -0.05) is 48.6 Å². The molecule has 1 aliphatic rings. The first kappa shape index (κ1) is 14.7. The third-order valence-electron chi connectivity index (χ3n) is 3.61. The molecule has 1 aromatic carbocycles. The highest BCUT2D eigenvalue weighted by molar-refractivity contribution is 7.66. The monoisotopic (exact) mass is 280 g/mol. The first-order chi connectivity index (χ1) is 8.69. The summed E-state index contributed by atoms with van der Waals surface area (Å²) in [5.41, 5.74) is 0.358. The third kappa shape index (κ3) is 3.42. The van der Waals surface area contributed by atoms with Crippen molar-refractivity contribution >= 4 is 13.2 Å². The fourth-order valence-corrected chi connectivity index (χ4v) is 4.88. The van der Waals surface area contributed by atoms with Crippen molar-refractivity contribution in [3.8, 4) is 11.5 Å². The van der Waals surface area contributed by atoms with Crippen LogP contribution < -0.4 is 14.8 Å². The summed E-state index contributed by atoms with van der Waals surface area (Å²) in [5, 5.41) is 1.72. The summed E-state index contributed by atoms with van der Waals surface area (Å²) >= 11 is 0. The molecule has 0 fully saturated rings. The molecule has 1 aliphatic heterocycles. The van der Waals surface area contributed by atoms with Gasteiger partial charge in [-0.25, -0.2) is 0 Å². The summed E-state index contributed by atoms with van der Waals surface area (Å²) in [6.07, 6.45) is 1.22. The summed E-state index contributed by atoms with van der Waals surface area (Å²) in [6.45, 7) is 14.4. The zero-order valence-electron chi connectivity index (χ0n) is 12.9. The van der Waals surface area contributed by atoms with Gasteiger partial charge in [-0.15, -0.1) is 0 Å². The molecule has 0 aliphatic carbocycles. The Morgan fingerprint density at radius 1 is 1.05 bits per heavy atom. The summed E-state index contributed by atoms with van der Waals surface area (Å²) in [4.78, 5) is 0. The predicted octanol–water partition coefficient (Wildman–Crippen LogP) is 4.37. The van der Waals surface area contributed by atoms with Crippen LogP contribution >= 0.6 is 7.92 Å². The highest BCUT2D eigenvalue weighted by Crippen LogP contribution is 2.51. The van der Waals surface area contributed by atoms with Gasteiger partial charge in [-0.05, 0) is 41.1 Å². The average Bonchev–Trinajstić information content (AvgIpc) is 2.71. The van der Waals surface area contributed by atoms with Gasteiger partial charge in [0, 0.05) is 0 Å². The van der Waals surface area contributed by atoms with Crippen LogP contribution in [0.2, 0.25) is 0 Å². The lowest BCUT2D eigenvalue weighted by Gasteiger charge is -2.38. The molecule has 1 atom stereocenters. The molecule has 2 nitrogen and oxygen atoms in total. The molecule has 1 unspecified atom stereocenters. The van der Waals surface area contributed by atoms with Crippen LogP contribution in [0, 0.1) is 5.41 Å². The van der Waals surface area contributed by atoms with E-state index in [1.807, 2.05) is 6.07 Å². The maximum atomic E-state index is 5.49. The van der Waals surface area contributed by atoms with Crippen molar-refractivity contribution in [3.63, 3.8) is 0 Å². The molecule has 1 heterocycles. The van der Waals surface area contributed by atoms with Gasteiger partial charge in [0.2, 0.25) is 6.79 Å². The van der Waals surface area contributed by atoms with E-state index in [2.05, 4.69) is 53.4 Å². The Kier molecular flexibility index (Phi) is 3.84. The normalized spacial score (nSPS) is 16.5. The van der Waals surface area contributed by atoms with E-state index >= 15 is 0 Å². The van der Waals surface area contributed by atoms with Gasteiger partial charge in [0.05, 0.1) is 0 Å². The molecular formula is C16H25O2P. The first-order valence-corrected chi connectivity index (χ1v) is 8.61. The third-order valence-corrected chi connectivity index (χ3v) is 6.64. The van der Waals surface area contributed by atoms with Crippen LogP contribution in [-0.2, 0) is 0 Å². The number of hydrogen-bond acceptors (Lipinski definition) is 2. The summed E-state index contributed by atoms with van der Waals surface area (Å²) in [5.74, 6) is 1.78. The highest BCUT2D eigenvalue weighted by atomic mass is 31.1. The molecule has 3 heteroatoms. The molecule has 0 amide bonds. The molecule has 0 bridgehead atoms. The van der Waals surface area contributed by atoms with Crippen LogP contribution in [0.15, 0.2) is 18.2 Å². The summed E-state index contributed by atoms with van der Waals surface area (Å²) in [7, 11) is -0.225. The van der Waals surface area contributed by atoms with Crippen molar-refractivity contribution in [2.75, 3.05) is 13.5 Å². The van der Waals surface area contributed by atoms with Gasteiger partial charge in [0.15, 0.2) is 11.5 Å². The van der Waals surface area contributed by atoms with E-state index in [1.54, 1.807) is 0 Å². The van der Waals surface area contributed by atoms with Crippen LogP contribution in [-0.4, -0.2) is 18.6 Å². The SMILES string of the molecule is CP(c1ccc2c(c1)OCO2)C(C)(C)CC(C)(C)C. The van der Waals surface area contributed by atoms with Gasteiger partial charge in [0.25, 0.3) is 0 Å². The Morgan fingerprint density at radius 2 is 1.68 bits per heavy atom. The Hall–Kier alpha value is -0.750. The Labute approximate surface area is 118 Å². The quantitative estimate of drug-likeness (QED) is 0.766. The number of ether oxygens (including phenoxy) is 2. The molecule has 1 aromatic rings. The van der Waals surface area contributed by atoms with Crippen molar-refractivity contribution < 1.29 is 9.47 Å². The second-order valence-electron chi connectivity index (χ2n) is 7.15. The number of rotatable bonds is 3. The molecule has 106 valence electrons. The van der Waals surface area contributed by atoms with Crippen molar-refractivity contribution in [3.05, 3.63) is 18.2 Å². The van der Waals surface area contributed by atoms with Crippen LogP contribution in [0.5, 0.6) is 11.5 Å². The van der Waals surface area contributed by atoms with Crippen molar-refractivity contribution in [2.45, 2.75) is 46.2 Å². The molecule has 0 saturated heterocycles. The molecule has 0 radical (unpaired) electrons. The first-order valence-electron chi connectivity index (χ1n) is 6.83. The van der Waals surface area contributed by atoms with E-state index in [4.69, 9.17) is 9.47 Å². The maximum absolute atomic E-state index is 5.49. The van der Waals surface area contributed by atoms with Crippen LogP contribution in [0.4, 0.5) is 0 Å². The Bertz CT molecular complexity index is 460. The van der Waals surface area contributed by atoms with Crippen LogP contribution in [0.3, 0.4) is 0 Å². The predicted molar refractivity (Wildman–Crippen MR) is 83.2 cm³/mol. The van der Waals surface area contributed by atoms with Gasteiger partial charge in [-0.3, -0.25) is 0 Å². The lowest BCUT2D eigenvalue weighted by Crippen LogP contribution is -2.28. The van der Waals surface area contributed by atoms with E-state index in [-0.39, 0.29) is 7.92 Å². The number of benzene rings is 1. The summed E-state index contributed by atoms with van der Waals surface area (Å²) in [6, 6.07) is 6.41. The van der Waals surface area contributed by atoms with Crippen molar-refractivity contribution in [1.82, 2.24) is 0 Å². The second-order valence-corrected chi connectivity index (χ2v) is 9.99. The standard InChI is InChI=1S/C16H25O2P/c1-15(2,3)10-16(4,5)19(6)12-7-8-13-14(9-12)18-11-17-13/h7-9H,10-11H2,1-6H3. The molecule has 19 heavy (non-hydrogen) atoms. The molecule has 0 aromatic heterocycles. The lowest BCUT2D eigenvalue weighted by molar-refractivity contribution is 0.174. The molecule has 2 rings (SSSR count). The second kappa shape index (κ2) is 4.98. The van der Waals surface area contributed by atoms with E-state index < -0.39 is 0 Å². The number of hydrogen-bond donors (Lipinski definition) is 0. The minimum absolute atomic E-state index is 0.225. The van der Waals surface area contributed by atoms with Gasteiger partial charge in [-0.2, -0.15) is 0 Å². The zero-order chi connectivity index (χ0) is 14.3. The fourth-order valence-electron chi connectivity index (χ4n) is 2.86. The van der Waals surface area contributed by atoms with Crippen LogP contribution in [0.1, 0.15) is 41.0 Å². The largest absolute Gasteiger partial charge is 0.454 e. The molecule has 0 spiro atoms. The maximum Gasteiger partial charge on any atom is 0.231 e. The smallest absolute Gasteiger partial charge is 0.231 e. The minimum atomic E-state index is -0.225. The molecule has 0 N–H and O–H groups in total. The minimum Gasteiger partial charge on any atom is -0.454 e. The average molecular weight is 280 g/mol. The van der Waals surface area contributed by atoms with E-state index in [0.717, 1.165) is 11.5 Å². The Morgan fingerprint density at radius 3 is 2.32 bits per heavy atom. The van der Waals surface area contributed by atoms with Gasteiger partial charge >= 0.3 is 0 Å². The van der Waals surface area contributed by atoms with E-state index in [0.29, 0.717) is 17.4 Å². The molecule has 0 saturated carbocycles. The van der Waals surface area contributed by atoms with Crippen LogP contribution in [0.25, 0.3) is 0 Å². The Balaban J connectivity index is 2.21. The molecular weight excluding hydrogens is 255 g/mol. The van der Waals surface area contributed by atoms with Crippen molar-refractivity contribution in [1.29, 1.82) is 0 Å². The lowest BCUT2D eigenvalue weighted by atomic mass is 9.86. The van der Waals surface area contributed by atoms with Gasteiger partial charge < -0.3 is 9.47 Å². The fraction of sp³-hybridized carbons (Fsp3) is 0.625. The van der Waals surface area contributed by atoms with Crippen molar-refractivity contribution in [2.24, 2.45) is 5.41 Å². The summed E-state index contributed by atoms with van der Waals surface area (Å²) < 4.78 is 10.9. The van der Waals surface area contributed by atoms with E-state index in [9.17, 15) is 0 Å². The number of fused-ring (bicyclic) bond motifs is 1.